The van der Waals surface area contributed by atoms with Crippen LogP contribution in [-0.2, 0) is 17.8 Å². The van der Waals surface area contributed by atoms with E-state index in [1.807, 2.05) is 17.7 Å². The first-order valence-corrected chi connectivity index (χ1v) is 15.4. The maximum atomic E-state index is 13.9. The zero-order valence-electron chi connectivity index (χ0n) is 25.7. The average Bonchev–Trinajstić information content (AvgIpc) is 2.98. The van der Waals surface area contributed by atoms with Crippen LogP contribution >= 0.6 is 23.4 Å². The number of aliphatic imine (C=N–C) groups is 1. The van der Waals surface area contributed by atoms with Crippen LogP contribution in [0.3, 0.4) is 0 Å². The van der Waals surface area contributed by atoms with Crippen molar-refractivity contribution in [3.05, 3.63) is 82.0 Å². The molecule has 0 saturated heterocycles. The quantitative estimate of drug-likeness (QED) is 0.210. The molecule has 0 aliphatic carbocycles. The van der Waals surface area contributed by atoms with Crippen LogP contribution in [0, 0.1) is 0 Å². The second kappa shape index (κ2) is 14.0. The Morgan fingerprint density at radius 1 is 1.16 bits per heavy atom. The highest BCUT2D eigenvalue weighted by molar-refractivity contribution is 8.01. The van der Waals surface area contributed by atoms with Crippen molar-refractivity contribution in [1.29, 1.82) is 0 Å². The summed E-state index contributed by atoms with van der Waals surface area (Å²) in [6.45, 7) is 9.56. The molecule has 4 rings (SSSR count). The average molecular weight is 638 g/mol. The molecule has 2 aromatic carbocycles. The molecule has 0 fully saturated rings. The van der Waals surface area contributed by atoms with Crippen LogP contribution < -0.4 is 19.3 Å². The van der Waals surface area contributed by atoms with Gasteiger partial charge in [0.05, 0.1) is 56.6 Å². The fraction of sp³-hybridized carbons (Fsp3) is 0.312. The topological polar surface area (TPSA) is 96.8 Å². The summed E-state index contributed by atoms with van der Waals surface area (Å²) in [7, 11) is 3.13. The van der Waals surface area contributed by atoms with Gasteiger partial charge in [0.15, 0.2) is 0 Å². The Bertz CT molecular complexity index is 1570. The molecule has 1 aliphatic heterocycles. The number of carbonyl (C=O) groups excluding carboxylic acids is 2. The summed E-state index contributed by atoms with van der Waals surface area (Å²) in [6.07, 6.45) is 1.33. The standard InChI is InChI=1S/C32H36ClN5O5S/c1-32(2,3)43-31(40)37(17-21-11-12-25(41-5)16-28(21)42-6)29-14-13-27-26(35-29)19-36(18-23(34-4)20-44-7)30(39)38(27)24-10-8-9-22(33)15-24/h8-16,20H,4,17-19H2,1-3,5-7H3/b23-20-. The van der Waals surface area contributed by atoms with E-state index in [9.17, 15) is 9.59 Å². The Morgan fingerprint density at radius 3 is 2.57 bits per heavy atom. The van der Waals surface area contributed by atoms with Crippen molar-refractivity contribution in [3.63, 3.8) is 0 Å². The molecule has 3 amide bonds. The lowest BCUT2D eigenvalue weighted by Crippen LogP contribution is -2.46. The molecule has 0 spiro atoms. The van der Waals surface area contributed by atoms with Crippen LogP contribution in [0.2, 0.25) is 5.02 Å². The monoisotopic (exact) mass is 637 g/mol. The smallest absolute Gasteiger partial charge is 0.416 e. The highest BCUT2D eigenvalue weighted by atomic mass is 35.5. The lowest BCUT2D eigenvalue weighted by molar-refractivity contribution is 0.0576. The summed E-state index contributed by atoms with van der Waals surface area (Å²) in [6, 6.07) is 15.6. The van der Waals surface area contributed by atoms with Crippen LogP contribution in [0.4, 0.5) is 26.8 Å². The minimum absolute atomic E-state index is 0.107. The fourth-order valence-electron chi connectivity index (χ4n) is 4.60. The second-order valence-corrected chi connectivity index (χ2v) is 12.0. The van der Waals surface area contributed by atoms with Crippen molar-refractivity contribution in [2.24, 2.45) is 4.99 Å². The molecular weight excluding hydrogens is 602 g/mol. The van der Waals surface area contributed by atoms with Crippen molar-refractivity contribution in [2.45, 2.75) is 39.5 Å². The Balaban J connectivity index is 1.82. The molecule has 3 aromatic rings. The predicted octanol–water partition coefficient (Wildman–Crippen LogP) is 7.67. The first-order valence-electron chi connectivity index (χ1n) is 13.7. The number of hydrogen-bond acceptors (Lipinski definition) is 8. The number of hydrogen-bond donors (Lipinski definition) is 0. The van der Waals surface area contributed by atoms with Crippen LogP contribution in [-0.4, -0.2) is 61.3 Å². The number of carbonyl (C=O) groups is 2. The van der Waals surface area contributed by atoms with Gasteiger partial charge in [0.2, 0.25) is 0 Å². The number of urea groups is 1. The predicted molar refractivity (Wildman–Crippen MR) is 177 cm³/mol. The summed E-state index contributed by atoms with van der Waals surface area (Å²) < 4.78 is 16.7. The number of benzene rings is 2. The van der Waals surface area contributed by atoms with E-state index in [0.29, 0.717) is 45.1 Å². The van der Waals surface area contributed by atoms with Gasteiger partial charge in [-0.25, -0.2) is 14.6 Å². The highest BCUT2D eigenvalue weighted by Crippen LogP contribution is 2.37. The molecule has 1 aliphatic rings. The third kappa shape index (κ3) is 7.64. The lowest BCUT2D eigenvalue weighted by Gasteiger charge is -2.37. The summed E-state index contributed by atoms with van der Waals surface area (Å²) in [5.74, 6) is 1.51. The largest absolute Gasteiger partial charge is 0.497 e. The Labute approximate surface area is 267 Å². The van der Waals surface area contributed by atoms with Gasteiger partial charge in [-0.3, -0.25) is 14.8 Å². The number of methoxy groups -OCH3 is 2. The van der Waals surface area contributed by atoms with Gasteiger partial charge >= 0.3 is 12.1 Å². The molecule has 0 N–H and O–H groups in total. The van der Waals surface area contributed by atoms with Gasteiger partial charge in [0.1, 0.15) is 22.9 Å². The number of thioether (sulfide) groups is 1. The van der Waals surface area contributed by atoms with E-state index in [0.717, 1.165) is 5.56 Å². The van der Waals surface area contributed by atoms with Gasteiger partial charge in [-0.1, -0.05) is 17.7 Å². The van der Waals surface area contributed by atoms with Crippen LogP contribution in [0.15, 0.2) is 70.7 Å². The Kier molecular flexibility index (Phi) is 10.4. The van der Waals surface area contributed by atoms with E-state index in [1.54, 1.807) is 93.3 Å². The minimum Gasteiger partial charge on any atom is -0.497 e. The second-order valence-electron chi connectivity index (χ2n) is 10.8. The number of ether oxygens (including phenoxy) is 3. The number of aromatic nitrogens is 1. The molecule has 10 nitrogen and oxygen atoms in total. The minimum atomic E-state index is -0.752. The summed E-state index contributed by atoms with van der Waals surface area (Å²) in [5.41, 5.74) is 2.34. The zero-order chi connectivity index (χ0) is 32.0. The van der Waals surface area contributed by atoms with Crippen molar-refractivity contribution in [1.82, 2.24) is 9.88 Å². The number of pyridine rings is 1. The van der Waals surface area contributed by atoms with Crippen molar-refractivity contribution >= 4 is 59.4 Å². The zero-order valence-corrected chi connectivity index (χ0v) is 27.2. The lowest BCUT2D eigenvalue weighted by atomic mass is 10.1. The van der Waals surface area contributed by atoms with Gasteiger partial charge in [-0.2, -0.15) is 0 Å². The fourth-order valence-corrected chi connectivity index (χ4v) is 5.20. The molecule has 0 bridgehead atoms. The number of nitrogens with zero attached hydrogens (tertiary/aromatic N) is 5. The third-order valence-electron chi connectivity index (χ3n) is 6.57. The van der Waals surface area contributed by atoms with E-state index < -0.39 is 11.7 Å². The Hall–Kier alpha value is -4.22. The van der Waals surface area contributed by atoms with Gasteiger partial charge in [-0.05, 0) is 81.6 Å². The van der Waals surface area contributed by atoms with Crippen LogP contribution in [0.1, 0.15) is 32.0 Å². The molecule has 44 heavy (non-hydrogen) atoms. The van der Waals surface area contributed by atoms with E-state index in [1.165, 1.54) is 16.7 Å². The molecule has 0 radical (unpaired) electrons. The van der Waals surface area contributed by atoms with Gasteiger partial charge in [0, 0.05) is 16.7 Å². The number of rotatable bonds is 10. The molecule has 12 heteroatoms. The molecule has 0 unspecified atom stereocenters. The van der Waals surface area contributed by atoms with Crippen molar-refractivity contribution in [2.75, 3.05) is 36.8 Å². The van der Waals surface area contributed by atoms with Gasteiger partial charge in [-0.15, -0.1) is 11.8 Å². The molecule has 1 aromatic heterocycles. The van der Waals surface area contributed by atoms with Crippen LogP contribution in [0.5, 0.6) is 11.5 Å². The normalized spacial score (nSPS) is 13.3. The summed E-state index contributed by atoms with van der Waals surface area (Å²) in [5, 5.41) is 2.33. The number of halogens is 1. The maximum Gasteiger partial charge on any atom is 0.416 e. The number of amides is 3. The van der Waals surface area contributed by atoms with Gasteiger partial charge < -0.3 is 19.1 Å². The molecule has 0 atom stereocenters. The van der Waals surface area contributed by atoms with E-state index in [-0.39, 0.29) is 25.7 Å². The number of anilines is 3. The first kappa shape index (κ1) is 32.7. The van der Waals surface area contributed by atoms with Crippen molar-refractivity contribution in [3.8, 4) is 11.5 Å². The highest BCUT2D eigenvalue weighted by Gasteiger charge is 2.34. The molecular formula is C32H36ClN5O5S. The van der Waals surface area contributed by atoms with Crippen LogP contribution in [0.25, 0.3) is 0 Å². The SMILES string of the molecule is C=N/C(=C\SC)CN1Cc2nc(N(Cc3ccc(OC)cc3OC)C(=O)OC(C)(C)C)ccc2N(c2cccc(Cl)c2)C1=O. The van der Waals surface area contributed by atoms with E-state index in [2.05, 4.69) is 11.7 Å². The summed E-state index contributed by atoms with van der Waals surface area (Å²) in [4.78, 5) is 41.2. The first-order chi connectivity index (χ1) is 21.0. The van der Waals surface area contributed by atoms with E-state index >= 15 is 0 Å². The Morgan fingerprint density at radius 2 is 1.93 bits per heavy atom. The number of fused-ring (bicyclic) bond motifs is 1. The molecule has 2 heterocycles. The van der Waals surface area contributed by atoms with Crippen molar-refractivity contribution < 1.29 is 23.8 Å². The summed E-state index contributed by atoms with van der Waals surface area (Å²) >= 11 is 7.79. The molecule has 232 valence electrons. The molecule has 0 saturated carbocycles. The van der Waals surface area contributed by atoms with Gasteiger partial charge in [0.25, 0.3) is 0 Å². The third-order valence-corrected chi connectivity index (χ3v) is 7.31. The van der Waals surface area contributed by atoms with E-state index in [4.69, 9.17) is 30.8 Å². The maximum absolute atomic E-state index is 13.9.